The number of rotatable bonds is 8. The average molecular weight is 467 g/mol. The van der Waals surface area contributed by atoms with Gasteiger partial charge in [0.2, 0.25) is 24.0 Å². The van der Waals surface area contributed by atoms with Gasteiger partial charge < -0.3 is 33.2 Å². The Hall–Kier alpha value is -3.92. The summed E-state index contributed by atoms with van der Waals surface area (Å²) in [5, 5.41) is 10.8. The van der Waals surface area contributed by atoms with E-state index in [9.17, 15) is 5.11 Å². The molecule has 1 atom stereocenters. The molecule has 1 aromatic carbocycles. The Morgan fingerprint density at radius 3 is 2.68 bits per heavy atom. The molecule has 5 rings (SSSR count). The largest absolute Gasteiger partial charge is 0.493 e. The first-order valence-corrected chi connectivity index (χ1v) is 11.1. The molecule has 0 radical (unpaired) electrons. The molecule has 1 saturated heterocycles. The van der Waals surface area contributed by atoms with Crippen molar-refractivity contribution in [3.8, 4) is 22.9 Å². The van der Waals surface area contributed by atoms with Crippen molar-refractivity contribution in [2.75, 3.05) is 44.8 Å². The Labute approximate surface area is 196 Å². The van der Waals surface area contributed by atoms with Gasteiger partial charge in [0.1, 0.15) is 12.0 Å². The minimum absolute atomic E-state index is 0.0865. The minimum atomic E-state index is 0.0865. The number of benzene rings is 1. The van der Waals surface area contributed by atoms with E-state index in [-0.39, 0.29) is 12.6 Å². The van der Waals surface area contributed by atoms with Crippen molar-refractivity contribution in [1.82, 2.24) is 9.55 Å². The molecule has 1 aliphatic rings. The van der Waals surface area contributed by atoms with Gasteiger partial charge in [-0.15, -0.1) is 5.43 Å². The van der Waals surface area contributed by atoms with Gasteiger partial charge in [0.05, 0.1) is 57.5 Å². The molecule has 1 aliphatic heterocycles. The van der Waals surface area contributed by atoms with Gasteiger partial charge in [-0.25, -0.2) is 4.98 Å². The SMILES string of the molecule is COc1cc(-n2cnc(N[n+]3cc(N4CCC[C@@H]4CO)c4occc4c3)c2)cc(OC)c1OC. The van der Waals surface area contributed by atoms with Crippen LogP contribution in [0.15, 0.2) is 53.8 Å². The van der Waals surface area contributed by atoms with Crippen LogP contribution in [0.4, 0.5) is 11.5 Å². The van der Waals surface area contributed by atoms with Crippen LogP contribution in [-0.2, 0) is 0 Å². The lowest BCUT2D eigenvalue weighted by Gasteiger charge is -2.23. The zero-order valence-corrected chi connectivity index (χ0v) is 19.4. The smallest absolute Gasteiger partial charge is 0.227 e. The number of anilines is 2. The highest BCUT2D eigenvalue weighted by Gasteiger charge is 2.29. The van der Waals surface area contributed by atoms with Crippen molar-refractivity contribution in [3.63, 3.8) is 0 Å². The number of furan rings is 1. The zero-order valence-electron chi connectivity index (χ0n) is 19.4. The monoisotopic (exact) mass is 466 g/mol. The summed E-state index contributed by atoms with van der Waals surface area (Å²) in [5.74, 6) is 2.31. The van der Waals surface area contributed by atoms with Crippen LogP contribution >= 0.6 is 0 Å². The second kappa shape index (κ2) is 9.14. The van der Waals surface area contributed by atoms with Crippen LogP contribution in [0.1, 0.15) is 12.8 Å². The number of imidazole rings is 1. The molecule has 0 unspecified atom stereocenters. The summed E-state index contributed by atoms with van der Waals surface area (Å²) in [6.07, 6.45) is 11.2. The van der Waals surface area contributed by atoms with E-state index in [1.807, 2.05) is 46.0 Å². The molecular weight excluding hydrogens is 438 g/mol. The second-order valence-electron chi connectivity index (χ2n) is 8.09. The molecule has 0 bridgehead atoms. The average Bonchev–Trinajstić information content (AvgIpc) is 3.63. The molecule has 1 fully saturated rings. The van der Waals surface area contributed by atoms with E-state index in [1.54, 1.807) is 33.9 Å². The van der Waals surface area contributed by atoms with Gasteiger partial charge >= 0.3 is 0 Å². The van der Waals surface area contributed by atoms with Gasteiger partial charge in [0.15, 0.2) is 17.1 Å². The molecule has 0 aliphatic carbocycles. The third kappa shape index (κ3) is 3.86. The highest BCUT2D eigenvalue weighted by molar-refractivity contribution is 5.87. The topological polar surface area (TPSA) is 98.0 Å². The van der Waals surface area contributed by atoms with Gasteiger partial charge in [-0.2, -0.15) is 0 Å². The molecule has 2 N–H and O–H groups in total. The van der Waals surface area contributed by atoms with Gasteiger partial charge in [0, 0.05) is 18.7 Å². The number of ether oxygens (including phenoxy) is 3. The summed E-state index contributed by atoms with van der Waals surface area (Å²) >= 11 is 0. The lowest BCUT2D eigenvalue weighted by atomic mass is 10.2. The fraction of sp³-hybridized carbons (Fsp3) is 0.333. The van der Waals surface area contributed by atoms with Crippen LogP contribution in [0.25, 0.3) is 16.7 Å². The lowest BCUT2D eigenvalue weighted by molar-refractivity contribution is -0.641. The minimum Gasteiger partial charge on any atom is -0.493 e. The number of nitrogens with one attached hydrogen (secondary N) is 1. The fourth-order valence-corrected chi connectivity index (χ4v) is 4.49. The van der Waals surface area contributed by atoms with E-state index < -0.39 is 0 Å². The van der Waals surface area contributed by atoms with Crippen LogP contribution in [0.2, 0.25) is 0 Å². The maximum absolute atomic E-state index is 9.81. The first kappa shape index (κ1) is 21.9. The van der Waals surface area contributed by atoms with E-state index in [0.29, 0.717) is 23.1 Å². The maximum Gasteiger partial charge on any atom is 0.227 e. The van der Waals surface area contributed by atoms with E-state index in [2.05, 4.69) is 15.3 Å². The summed E-state index contributed by atoms with van der Waals surface area (Å²) < 4.78 is 25.8. The van der Waals surface area contributed by atoms with Crippen molar-refractivity contribution in [1.29, 1.82) is 0 Å². The number of aromatic nitrogens is 3. The molecule has 4 heterocycles. The normalized spacial score (nSPS) is 15.6. The molecular formula is C24H28N5O5+. The van der Waals surface area contributed by atoms with Gasteiger partial charge in [-0.05, 0) is 18.9 Å². The number of methoxy groups -OCH3 is 3. The Morgan fingerprint density at radius 1 is 1.18 bits per heavy atom. The molecule has 3 aromatic heterocycles. The van der Waals surface area contributed by atoms with E-state index >= 15 is 0 Å². The number of nitrogens with zero attached hydrogens (tertiary/aromatic N) is 4. The van der Waals surface area contributed by atoms with Crippen LogP contribution in [-0.4, -0.2) is 55.2 Å². The summed E-state index contributed by atoms with van der Waals surface area (Å²) in [6.45, 7) is 0.991. The first-order chi connectivity index (χ1) is 16.6. The predicted octanol–water partition coefficient (Wildman–Crippen LogP) is 2.77. The van der Waals surface area contributed by atoms with Gasteiger partial charge in [-0.1, -0.05) is 4.68 Å². The van der Waals surface area contributed by atoms with Crippen LogP contribution in [0.3, 0.4) is 0 Å². The summed E-state index contributed by atoms with van der Waals surface area (Å²) in [7, 11) is 4.75. The van der Waals surface area contributed by atoms with Crippen LogP contribution in [0, 0.1) is 0 Å². The Balaban J connectivity index is 1.46. The number of aliphatic hydroxyl groups excluding tert-OH is 1. The van der Waals surface area contributed by atoms with E-state index in [0.717, 1.165) is 41.7 Å². The van der Waals surface area contributed by atoms with Gasteiger partial charge in [0.25, 0.3) is 0 Å². The summed E-state index contributed by atoms with van der Waals surface area (Å²) in [6, 6.07) is 5.73. The summed E-state index contributed by atoms with van der Waals surface area (Å²) in [4.78, 5) is 6.72. The Morgan fingerprint density at radius 2 is 1.97 bits per heavy atom. The van der Waals surface area contributed by atoms with Crippen molar-refractivity contribution >= 4 is 22.5 Å². The third-order valence-electron chi connectivity index (χ3n) is 6.14. The van der Waals surface area contributed by atoms with Crippen molar-refractivity contribution in [2.24, 2.45) is 0 Å². The van der Waals surface area contributed by atoms with Crippen LogP contribution in [0.5, 0.6) is 17.2 Å². The molecule has 0 saturated carbocycles. The fourth-order valence-electron chi connectivity index (χ4n) is 4.49. The summed E-state index contributed by atoms with van der Waals surface area (Å²) in [5.41, 5.74) is 5.88. The molecule has 0 amide bonds. The number of aliphatic hydroxyl groups is 1. The molecule has 10 heteroatoms. The number of pyridine rings is 1. The highest BCUT2D eigenvalue weighted by Crippen LogP contribution is 2.39. The zero-order chi connectivity index (χ0) is 23.7. The van der Waals surface area contributed by atoms with Crippen molar-refractivity contribution < 1.29 is 28.4 Å². The molecule has 178 valence electrons. The van der Waals surface area contributed by atoms with E-state index in [4.69, 9.17) is 18.6 Å². The lowest BCUT2D eigenvalue weighted by Crippen LogP contribution is -2.43. The standard InChI is InChI=1S/C24H28N5O5/c1-31-20-9-18(10-21(32-2)24(20)33-3)27-13-22(25-15-27)26-28-11-16-6-8-34-23(16)19(12-28)29-7-4-5-17(29)14-30/h6,8-13,15,17,26,30H,4-5,7,14H2,1-3H3/q+1/t17-/m1/s1. The Bertz CT molecular complexity index is 1280. The number of hydrogen-bond acceptors (Lipinski definition) is 8. The number of hydrogen-bond donors (Lipinski definition) is 2. The molecule has 0 spiro atoms. The molecule has 34 heavy (non-hydrogen) atoms. The third-order valence-corrected chi connectivity index (χ3v) is 6.14. The molecule has 4 aromatic rings. The molecule has 10 nitrogen and oxygen atoms in total. The number of fused-ring (bicyclic) bond motifs is 1. The van der Waals surface area contributed by atoms with Crippen molar-refractivity contribution in [2.45, 2.75) is 18.9 Å². The quantitative estimate of drug-likeness (QED) is 0.383. The predicted molar refractivity (Wildman–Crippen MR) is 126 cm³/mol. The van der Waals surface area contributed by atoms with Gasteiger partial charge in [-0.3, -0.25) is 0 Å². The second-order valence-corrected chi connectivity index (χ2v) is 8.09. The highest BCUT2D eigenvalue weighted by atomic mass is 16.5. The first-order valence-electron chi connectivity index (χ1n) is 11.1. The van der Waals surface area contributed by atoms with Crippen LogP contribution < -0.4 is 29.2 Å². The maximum atomic E-state index is 9.81. The Kier molecular flexibility index (Phi) is 5.89. The van der Waals surface area contributed by atoms with E-state index in [1.165, 1.54) is 0 Å². The van der Waals surface area contributed by atoms with Crippen molar-refractivity contribution in [3.05, 3.63) is 49.4 Å².